The van der Waals surface area contributed by atoms with E-state index >= 15 is 0 Å². The fourth-order valence-corrected chi connectivity index (χ4v) is 2.99. The minimum Gasteiger partial charge on any atom is -0.338 e. The molecule has 23 heavy (non-hydrogen) atoms. The van der Waals surface area contributed by atoms with E-state index in [4.69, 9.17) is 4.52 Å². The third-order valence-electron chi connectivity index (χ3n) is 4.32. The molecule has 1 saturated heterocycles. The van der Waals surface area contributed by atoms with Gasteiger partial charge >= 0.3 is 0 Å². The minimum atomic E-state index is -0.105. The predicted molar refractivity (Wildman–Crippen MR) is 81.7 cm³/mol. The predicted octanol–water partition coefficient (Wildman–Crippen LogP) is 1.55. The summed E-state index contributed by atoms with van der Waals surface area (Å²) in [6.45, 7) is 4.04. The van der Waals surface area contributed by atoms with Crippen LogP contribution in [0.25, 0.3) is 0 Å². The van der Waals surface area contributed by atoms with Crippen LogP contribution in [0.5, 0.6) is 0 Å². The Labute approximate surface area is 133 Å². The molecule has 1 saturated carbocycles. The average Bonchev–Trinajstić information content (AvgIpc) is 2.90. The van der Waals surface area contributed by atoms with E-state index in [-0.39, 0.29) is 5.91 Å². The van der Waals surface area contributed by atoms with Gasteiger partial charge in [0.05, 0.1) is 12.6 Å². The molecule has 8 heteroatoms. The molecule has 3 heterocycles. The molecule has 0 spiro atoms. The van der Waals surface area contributed by atoms with Gasteiger partial charge in [-0.25, -0.2) is 0 Å². The van der Waals surface area contributed by atoms with Gasteiger partial charge < -0.3 is 9.84 Å². The molecule has 0 aromatic carbocycles. The van der Waals surface area contributed by atoms with Crippen molar-refractivity contribution >= 4 is 11.7 Å². The molecule has 2 fully saturated rings. The lowest BCUT2D eigenvalue weighted by Crippen LogP contribution is -2.21. The first-order valence-electron chi connectivity index (χ1n) is 8.05. The molecule has 2 aliphatic rings. The van der Waals surface area contributed by atoms with E-state index in [9.17, 15) is 4.79 Å². The average molecular weight is 316 g/mol. The minimum absolute atomic E-state index is 0.105. The Bertz CT molecular complexity index is 704. The first kappa shape index (κ1) is 14.4. The molecular formula is C15H20N6O2. The maximum absolute atomic E-state index is 11.1. The van der Waals surface area contributed by atoms with Crippen molar-refractivity contribution in [3.63, 3.8) is 0 Å². The second-order valence-electron chi connectivity index (χ2n) is 6.36. The quantitative estimate of drug-likeness (QED) is 0.900. The summed E-state index contributed by atoms with van der Waals surface area (Å²) in [7, 11) is 0. The van der Waals surface area contributed by atoms with Gasteiger partial charge in [-0.3, -0.25) is 14.4 Å². The van der Waals surface area contributed by atoms with Crippen molar-refractivity contribution in [2.24, 2.45) is 0 Å². The highest BCUT2D eigenvalue weighted by Crippen LogP contribution is 2.38. The number of aromatic nitrogens is 4. The number of carbonyl (C=O) groups is 1. The Hall–Kier alpha value is -2.22. The summed E-state index contributed by atoms with van der Waals surface area (Å²) in [6.07, 6.45) is 5.30. The highest BCUT2D eigenvalue weighted by Gasteiger charge is 2.30. The third kappa shape index (κ3) is 3.26. The Balaban J connectivity index is 1.34. The van der Waals surface area contributed by atoms with Crippen LogP contribution in [0.1, 0.15) is 49.9 Å². The van der Waals surface area contributed by atoms with Gasteiger partial charge in [0, 0.05) is 38.2 Å². The van der Waals surface area contributed by atoms with Gasteiger partial charge in [0.25, 0.3) is 0 Å². The van der Waals surface area contributed by atoms with Crippen LogP contribution in [0, 0.1) is 0 Å². The molecule has 0 unspecified atom stereocenters. The first-order chi connectivity index (χ1) is 11.2. The summed E-state index contributed by atoms with van der Waals surface area (Å²) in [6, 6.07) is 2.13. The number of nitrogens with one attached hydrogen (secondary N) is 1. The molecule has 0 radical (unpaired) electrons. The van der Waals surface area contributed by atoms with Crippen molar-refractivity contribution < 1.29 is 9.32 Å². The normalized spacial score (nSPS) is 21.7. The summed E-state index contributed by atoms with van der Waals surface area (Å²) in [4.78, 5) is 17.8. The number of likely N-dealkylation sites (tertiary alicyclic amines) is 1. The summed E-state index contributed by atoms with van der Waals surface area (Å²) in [5.74, 6) is 2.58. The molecule has 1 atom stereocenters. The zero-order chi connectivity index (χ0) is 15.8. The fraction of sp³-hybridized carbons (Fsp3) is 0.600. The highest BCUT2D eigenvalue weighted by molar-refractivity contribution is 5.87. The monoisotopic (exact) mass is 316 g/mol. The summed E-state index contributed by atoms with van der Waals surface area (Å²) in [5, 5.41) is 11.2. The Morgan fingerprint density at radius 3 is 3.09 bits per heavy atom. The van der Waals surface area contributed by atoms with E-state index in [1.807, 2.05) is 16.9 Å². The van der Waals surface area contributed by atoms with E-state index in [1.54, 1.807) is 0 Å². The molecule has 122 valence electrons. The van der Waals surface area contributed by atoms with Crippen molar-refractivity contribution in [3.8, 4) is 0 Å². The SMILES string of the molecule is CC(=O)Nc1ccn([C@H]2CCN(Cc3nc(C4CC4)no3)C2)n1. The Morgan fingerprint density at radius 1 is 1.43 bits per heavy atom. The van der Waals surface area contributed by atoms with Crippen LogP contribution in [-0.2, 0) is 11.3 Å². The van der Waals surface area contributed by atoms with E-state index in [0.717, 1.165) is 25.3 Å². The Kier molecular flexibility index (Phi) is 3.60. The van der Waals surface area contributed by atoms with Gasteiger partial charge in [0.2, 0.25) is 11.8 Å². The molecule has 4 rings (SSSR count). The molecule has 1 amide bonds. The van der Waals surface area contributed by atoms with Gasteiger partial charge in [-0.2, -0.15) is 10.1 Å². The summed E-state index contributed by atoms with van der Waals surface area (Å²) >= 11 is 0. The standard InChI is InChI=1S/C15H20N6O2/c1-10(22)16-13-5-7-21(18-13)12-4-6-20(8-12)9-14-17-15(19-23-14)11-2-3-11/h5,7,11-12H,2-4,6,8-9H2,1H3,(H,16,18,22)/t12-/m0/s1. The van der Waals surface area contributed by atoms with Crippen LogP contribution in [-0.4, -0.2) is 43.8 Å². The summed E-state index contributed by atoms with van der Waals surface area (Å²) in [5.41, 5.74) is 0. The molecular weight excluding hydrogens is 296 g/mol. The molecule has 2 aromatic rings. The smallest absolute Gasteiger partial charge is 0.240 e. The number of carbonyl (C=O) groups excluding carboxylic acids is 1. The molecule has 1 aliphatic carbocycles. The molecule has 0 bridgehead atoms. The van der Waals surface area contributed by atoms with Crippen molar-refractivity contribution in [1.29, 1.82) is 0 Å². The number of rotatable bonds is 5. The van der Waals surface area contributed by atoms with Crippen LogP contribution < -0.4 is 5.32 Å². The maximum Gasteiger partial charge on any atom is 0.240 e. The molecule has 1 aliphatic heterocycles. The first-order valence-corrected chi connectivity index (χ1v) is 8.05. The lowest BCUT2D eigenvalue weighted by Gasteiger charge is -2.13. The van der Waals surface area contributed by atoms with Crippen LogP contribution in [0.15, 0.2) is 16.8 Å². The topological polar surface area (TPSA) is 89.1 Å². The van der Waals surface area contributed by atoms with Gasteiger partial charge in [-0.15, -0.1) is 0 Å². The number of nitrogens with zero attached hydrogens (tertiary/aromatic N) is 5. The zero-order valence-corrected chi connectivity index (χ0v) is 13.1. The van der Waals surface area contributed by atoms with Crippen molar-refractivity contribution in [2.75, 3.05) is 18.4 Å². The van der Waals surface area contributed by atoms with Crippen molar-refractivity contribution in [2.45, 2.75) is 44.7 Å². The van der Waals surface area contributed by atoms with Gasteiger partial charge in [-0.05, 0) is 19.3 Å². The van der Waals surface area contributed by atoms with E-state index in [1.165, 1.54) is 19.8 Å². The van der Waals surface area contributed by atoms with Gasteiger partial charge in [0.1, 0.15) is 0 Å². The van der Waals surface area contributed by atoms with Crippen LogP contribution in [0.2, 0.25) is 0 Å². The highest BCUT2D eigenvalue weighted by atomic mass is 16.5. The third-order valence-corrected chi connectivity index (χ3v) is 4.32. The van der Waals surface area contributed by atoms with Crippen LogP contribution >= 0.6 is 0 Å². The van der Waals surface area contributed by atoms with Gasteiger partial charge in [-0.1, -0.05) is 5.16 Å². The van der Waals surface area contributed by atoms with E-state index < -0.39 is 0 Å². The molecule has 2 aromatic heterocycles. The number of hydrogen-bond acceptors (Lipinski definition) is 6. The number of anilines is 1. The van der Waals surface area contributed by atoms with Crippen molar-refractivity contribution in [3.05, 3.63) is 24.0 Å². The van der Waals surface area contributed by atoms with Gasteiger partial charge in [0.15, 0.2) is 11.6 Å². The maximum atomic E-state index is 11.1. The Morgan fingerprint density at radius 2 is 2.30 bits per heavy atom. The molecule has 1 N–H and O–H groups in total. The molecule has 8 nitrogen and oxygen atoms in total. The zero-order valence-electron chi connectivity index (χ0n) is 13.1. The van der Waals surface area contributed by atoms with Crippen molar-refractivity contribution in [1.82, 2.24) is 24.8 Å². The second kappa shape index (κ2) is 5.77. The number of amides is 1. The van der Waals surface area contributed by atoms with Crippen LogP contribution in [0.3, 0.4) is 0 Å². The second-order valence-corrected chi connectivity index (χ2v) is 6.36. The lowest BCUT2D eigenvalue weighted by molar-refractivity contribution is -0.114. The van der Waals surface area contributed by atoms with E-state index in [0.29, 0.717) is 30.2 Å². The van der Waals surface area contributed by atoms with E-state index in [2.05, 4.69) is 25.5 Å². The largest absolute Gasteiger partial charge is 0.338 e. The van der Waals surface area contributed by atoms with Crippen LogP contribution in [0.4, 0.5) is 5.82 Å². The number of hydrogen-bond donors (Lipinski definition) is 1. The fourth-order valence-electron chi connectivity index (χ4n) is 2.99. The lowest BCUT2D eigenvalue weighted by atomic mass is 10.3. The summed E-state index contributed by atoms with van der Waals surface area (Å²) < 4.78 is 7.27.